The summed E-state index contributed by atoms with van der Waals surface area (Å²) >= 11 is 0. The van der Waals surface area contributed by atoms with Gasteiger partial charge in [-0.3, -0.25) is 0 Å². The van der Waals surface area contributed by atoms with Crippen LogP contribution < -0.4 is 9.80 Å². The van der Waals surface area contributed by atoms with Crippen LogP contribution in [-0.2, 0) is 0 Å². The first-order valence-corrected chi connectivity index (χ1v) is 20.0. The van der Waals surface area contributed by atoms with Gasteiger partial charge in [0.05, 0.1) is 47.2 Å². The van der Waals surface area contributed by atoms with E-state index in [0.29, 0.717) is 23.1 Å². The van der Waals surface area contributed by atoms with Gasteiger partial charge < -0.3 is 18.6 Å². The first kappa shape index (κ1) is 31.1. The van der Waals surface area contributed by atoms with Crippen LogP contribution in [0.2, 0.25) is 0 Å². The molecule has 6 heteroatoms. The Morgan fingerprint density at radius 2 is 0.700 bits per heavy atom. The molecule has 0 atom stereocenters. The summed E-state index contributed by atoms with van der Waals surface area (Å²) in [7, 11) is 0. The highest BCUT2D eigenvalue weighted by molar-refractivity contribution is 6.32. The third-order valence-corrected chi connectivity index (χ3v) is 12.2. The van der Waals surface area contributed by atoms with Gasteiger partial charge in [0.2, 0.25) is 0 Å². The van der Waals surface area contributed by atoms with E-state index in [2.05, 4.69) is 91.4 Å². The van der Waals surface area contributed by atoms with Crippen molar-refractivity contribution in [3.8, 4) is 0 Å². The van der Waals surface area contributed by atoms with Gasteiger partial charge in [0, 0.05) is 65.8 Å². The van der Waals surface area contributed by atoms with Crippen LogP contribution in [0.1, 0.15) is 2.74 Å². The Balaban J connectivity index is 1.16. The molecule has 0 aliphatic heterocycles. The molecule has 0 radical (unpaired) electrons. The second-order valence-electron chi connectivity index (χ2n) is 15.4. The molecule has 13 rings (SSSR count). The van der Waals surface area contributed by atoms with E-state index < -0.39 is 0 Å². The van der Waals surface area contributed by atoms with E-state index in [1.54, 1.807) is 24.3 Å². The van der Waals surface area contributed by atoms with Gasteiger partial charge in [-0.25, -0.2) is 8.78 Å². The third kappa shape index (κ3) is 4.47. The van der Waals surface area contributed by atoms with E-state index in [1.165, 1.54) is 24.3 Å². The molecule has 4 aromatic heterocycles. The molecular formula is C54H32F2N4. The Morgan fingerprint density at radius 3 is 1.12 bits per heavy atom. The Hall–Kier alpha value is -7.96. The lowest BCUT2D eigenvalue weighted by Crippen LogP contribution is -2.10. The molecule has 60 heavy (non-hydrogen) atoms. The molecule has 0 saturated heterocycles. The summed E-state index contributed by atoms with van der Waals surface area (Å²) in [5.41, 5.74) is 10.4. The summed E-state index contributed by atoms with van der Waals surface area (Å²) in [6.07, 6.45) is 0. The van der Waals surface area contributed by atoms with Crippen LogP contribution in [0.3, 0.4) is 0 Å². The van der Waals surface area contributed by atoms with Gasteiger partial charge >= 0.3 is 0 Å². The first-order chi connectivity index (χ1) is 30.5. The van der Waals surface area contributed by atoms with E-state index in [0.717, 1.165) is 99.3 Å². The minimum atomic E-state index is -0.307. The van der Waals surface area contributed by atoms with Crippen LogP contribution >= 0.6 is 0 Å². The van der Waals surface area contributed by atoms with E-state index in [-0.39, 0.29) is 11.6 Å². The highest BCUT2D eigenvalue weighted by Gasteiger charge is 2.27. The lowest BCUT2D eigenvalue weighted by molar-refractivity contribution is 0.627. The van der Waals surface area contributed by atoms with Gasteiger partial charge in [-0.05, 0) is 109 Å². The van der Waals surface area contributed by atoms with Gasteiger partial charge in [0.1, 0.15) is 11.6 Å². The van der Waals surface area contributed by atoms with Crippen molar-refractivity contribution in [1.82, 2.24) is 8.80 Å². The Kier molecular flexibility index (Phi) is 6.36. The fourth-order valence-electron chi connectivity index (χ4n) is 9.79. The standard InChI is InChI=1S/C54H32F2N4/c55-33-19-23-37(24-20-33)57(35-11-3-1-4-12-35)47-29-27-39-43-31-50-44(32-49(43)59-45-17-9-7-15-41(45)51(47)53(39)59)40-28-30-48(52-42-16-8-10-18-46(42)60(50)54(40)52)58(36-13-5-2-6-14-36)38-25-21-34(56)22-26-38/h1-32H/i31D,32D. The predicted octanol–water partition coefficient (Wildman–Crippen LogP) is 15.2. The second kappa shape index (κ2) is 12.3. The molecular weight excluding hydrogens is 743 g/mol. The van der Waals surface area contributed by atoms with Crippen molar-refractivity contribution in [2.24, 2.45) is 0 Å². The molecule has 0 aliphatic carbocycles. The van der Waals surface area contributed by atoms with Crippen LogP contribution in [0.5, 0.6) is 0 Å². The maximum absolute atomic E-state index is 14.4. The number of para-hydroxylation sites is 4. The smallest absolute Gasteiger partial charge is 0.123 e. The van der Waals surface area contributed by atoms with E-state index in [1.807, 2.05) is 60.7 Å². The first-order valence-electron chi connectivity index (χ1n) is 21.0. The molecule has 0 amide bonds. The molecule has 4 nitrogen and oxygen atoms in total. The normalized spacial score (nSPS) is 12.6. The van der Waals surface area contributed by atoms with E-state index in [9.17, 15) is 11.5 Å². The van der Waals surface area contributed by atoms with Crippen molar-refractivity contribution in [1.29, 1.82) is 0 Å². The summed E-state index contributed by atoms with van der Waals surface area (Å²) < 4.78 is 53.7. The highest BCUT2D eigenvalue weighted by atomic mass is 19.1. The van der Waals surface area contributed by atoms with Crippen molar-refractivity contribution in [3.63, 3.8) is 0 Å². The topological polar surface area (TPSA) is 15.3 Å². The highest BCUT2D eigenvalue weighted by Crippen LogP contribution is 2.51. The molecule has 0 fully saturated rings. The van der Waals surface area contributed by atoms with Crippen LogP contribution in [0, 0.1) is 11.6 Å². The minimum absolute atomic E-state index is 0.307. The molecule has 0 spiro atoms. The molecule has 9 aromatic carbocycles. The van der Waals surface area contributed by atoms with Crippen LogP contribution in [-0.4, -0.2) is 8.80 Å². The van der Waals surface area contributed by atoms with Gasteiger partial charge in [-0.2, -0.15) is 0 Å². The van der Waals surface area contributed by atoms with Crippen molar-refractivity contribution in [3.05, 3.63) is 206 Å². The number of hydrogen-bond donors (Lipinski definition) is 0. The average Bonchev–Trinajstić information content (AvgIpc) is 4.05. The second-order valence-corrected chi connectivity index (χ2v) is 15.4. The zero-order chi connectivity index (χ0) is 41.4. The Morgan fingerprint density at radius 1 is 0.333 bits per heavy atom. The fraction of sp³-hybridized carbons (Fsp3) is 0. The summed E-state index contributed by atoms with van der Waals surface area (Å²) in [4.78, 5) is 4.31. The quantitative estimate of drug-likeness (QED) is 0.167. The fourth-order valence-corrected chi connectivity index (χ4v) is 9.79. The number of halogens is 2. The van der Waals surface area contributed by atoms with Crippen LogP contribution in [0.4, 0.5) is 42.9 Å². The van der Waals surface area contributed by atoms with Crippen molar-refractivity contribution < 1.29 is 11.5 Å². The van der Waals surface area contributed by atoms with Gasteiger partial charge in [0.15, 0.2) is 0 Å². The number of nitrogens with zero attached hydrogens (tertiary/aromatic N) is 4. The maximum Gasteiger partial charge on any atom is 0.123 e. The van der Waals surface area contributed by atoms with Crippen molar-refractivity contribution in [2.75, 3.05) is 9.80 Å². The number of fused-ring (bicyclic) bond motifs is 12. The molecule has 0 aliphatic rings. The van der Waals surface area contributed by atoms with E-state index >= 15 is 0 Å². The maximum atomic E-state index is 14.4. The SMILES string of the molecule is [2H]c1c2c3ccc(N(c4ccccc4)c4ccc(F)cc4)c4c5ccccc5n(c2c([2H])c2c5ccc(N(c6ccccc6)c6ccc(F)cc6)c6c7ccccc7n(c12)c56)c34. The zero-order valence-corrected chi connectivity index (χ0v) is 31.9. The lowest BCUT2D eigenvalue weighted by Gasteiger charge is -2.26. The molecule has 0 saturated carbocycles. The van der Waals surface area contributed by atoms with Gasteiger partial charge in [0.25, 0.3) is 0 Å². The molecule has 0 N–H and O–H groups in total. The third-order valence-electron chi connectivity index (χ3n) is 12.2. The van der Waals surface area contributed by atoms with Crippen LogP contribution in [0.15, 0.2) is 194 Å². The molecule has 13 aromatic rings. The van der Waals surface area contributed by atoms with Gasteiger partial charge in [-0.15, -0.1) is 0 Å². The van der Waals surface area contributed by atoms with E-state index in [4.69, 9.17) is 0 Å². The molecule has 4 heterocycles. The Bertz CT molecular complexity index is 3640. The lowest BCUT2D eigenvalue weighted by atomic mass is 10.0. The van der Waals surface area contributed by atoms with Crippen molar-refractivity contribution >= 4 is 110 Å². The van der Waals surface area contributed by atoms with Gasteiger partial charge in [-0.1, -0.05) is 84.9 Å². The van der Waals surface area contributed by atoms with Crippen molar-refractivity contribution in [2.45, 2.75) is 0 Å². The largest absolute Gasteiger partial charge is 0.310 e. The number of hydrogen-bond acceptors (Lipinski definition) is 2. The molecule has 0 bridgehead atoms. The molecule has 0 unspecified atom stereocenters. The number of benzene rings is 9. The number of aromatic nitrogens is 2. The van der Waals surface area contributed by atoms with Crippen LogP contribution in [0.25, 0.3) is 76.2 Å². The average molecular weight is 777 g/mol. The summed E-state index contributed by atoms with van der Waals surface area (Å²) in [6, 6.07) is 59.0. The molecule has 282 valence electrons. The summed E-state index contributed by atoms with van der Waals surface area (Å²) in [6.45, 7) is 0. The number of rotatable bonds is 6. The monoisotopic (exact) mass is 776 g/mol. The summed E-state index contributed by atoms with van der Waals surface area (Å²) in [5, 5.41) is 7.23. The Labute approximate surface area is 345 Å². The predicted molar refractivity (Wildman–Crippen MR) is 245 cm³/mol. The number of anilines is 6. The summed E-state index contributed by atoms with van der Waals surface area (Å²) in [5.74, 6) is -0.615. The zero-order valence-electron chi connectivity index (χ0n) is 33.9. The minimum Gasteiger partial charge on any atom is -0.310 e.